The Kier molecular flexibility index (Phi) is 406. The smallest absolute Gasteiger partial charge is 0.315 e. The van der Waals surface area contributed by atoms with Gasteiger partial charge in [0.1, 0.15) is 18.8 Å². The number of carboxylic acid groups (broad SMARTS) is 1. The zero-order chi connectivity index (χ0) is 87.8. The predicted molar refractivity (Wildman–Crippen MR) is 633 cm³/mol. The number of carboxylic acids is 1. The highest BCUT2D eigenvalue weighted by Crippen LogP contribution is 2.18. The van der Waals surface area contributed by atoms with Gasteiger partial charge >= 0.3 is 11.9 Å². The minimum atomic E-state index is -0.881. The molecular formula is C95H214O18S14. The van der Waals surface area contributed by atoms with Gasteiger partial charge in [-0.25, -0.2) is 0 Å². The average molecular weight is 2090 g/mol. The number of hydrogen-bond acceptors (Lipinski definition) is 31. The number of carbonyl (C=O) groups is 2. The highest BCUT2D eigenvalue weighted by atomic mass is 32.1. The summed E-state index contributed by atoms with van der Waals surface area (Å²) in [4.78, 5) is 19.9. The van der Waals surface area contributed by atoms with E-state index in [2.05, 4.69) is 281 Å². The SMILES string of the molecule is C.C.C.C.C.C.C.C.C.C.C.C.C.C.C.C.C=C(O)C(CS)CCCCCCCCC.C=C=C(O)/C=C/OCC.C=C=C=COCCS.C=C=COCCS.C=C=COCCS.C=COCCCS.C=COCCS.C=COCCS.CCCCCCCCOC(=O)CS.O=C(O)CS.OCC(CO)CS.OCCC(O)CCCS.OCCS.SCC=C/C=C/CS. The Bertz CT molecular complexity index is 2050. The Hall–Kier alpha value is -2.12. The second kappa shape index (κ2) is 242. The van der Waals surface area contributed by atoms with Gasteiger partial charge in [-0.2, -0.15) is 177 Å². The van der Waals surface area contributed by atoms with Crippen LogP contribution in [0.25, 0.3) is 0 Å². The maximum absolute atomic E-state index is 10.6. The van der Waals surface area contributed by atoms with Crippen LogP contribution in [0, 0.1) is 11.8 Å². The molecule has 32 heteroatoms. The van der Waals surface area contributed by atoms with E-state index in [4.69, 9.17) is 64.2 Å². The number of esters is 1. The first kappa shape index (κ1) is 213. The molecule has 0 aromatic heterocycles. The summed E-state index contributed by atoms with van der Waals surface area (Å²) in [7, 11) is 0. The molecule has 0 amide bonds. The number of aliphatic hydroxyl groups excluding tert-OH is 7. The van der Waals surface area contributed by atoms with Crippen molar-refractivity contribution in [1.82, 2.24) is 0 Å². The molecule has 0 heterocycles. The third-order valence-corrected chi connectivity index (χ3v) is 14.2. The van der Waals surface area contributed by atoms with E-state index in [0.29, 0.717) is 75.7 Å². The Morgan fingerprint density at radius 1 is 0.402 bits per heavy atom. The van der Waals surface area contributed by atoms with Crippen molar-refractivity contribution in [3.05, 3.63) is 167 Å². The van der Waals surface area contributed by atoms with Crippen molar-refractivity contribution in [2.24, 2.45) is 11.8 Å². The molecule has 0 aliphatic heterocycles. The normalized spacial score (nSPS) is 8.31. The molecule has 2 atom stereocenters. The number of thiol groups is 14. The fourth-order valence-electron chi connectivity index (χ4n) is 5.20. The summed E-state index contributed by atoms with van der Waals surface area (Å²) in [5.41, 5.74) is 12.2. The Balaban J connectivity index is -0.0000000285. The van der Waals surface area contributed by atoms with Crippen LogP contribution in [-0.2, 0) is 47.5 Å². The fraction of sp³-hybridized carbons (Fsp3) is 0.695. The van der Waals surface area contributed by atoms with Gasteiger partial charge in [0.15, 0.2) is 5.76 Å². The van der Waals surface area contributed by atoms with Gasteiger partial charge in [-0.3, -0.25) is 9.59 Å². The van der Waals surface area contributed by atoms with Gasteiger partial charge in [0.25, 0.3) is 0 Å². The number of hydrogen-bond donors (Lipinski definition) is 22. The molecule has 2 unspecified atom stereocenters. The summed E-state index contributed by atoms with van der Waals surface area (Å²) in [5.74, 6) is 8.29. The van der Waals surface area contributed by atoms with Crippen LogP contribution in [-0.4, -0.2) is 219 Å². The van der Waals surface area contributed by atoms with Crippen LogP contribution in [0.5, 0.6) is 0 Å². The van der Waals surface area contributed by atoms with Crippen molar-refractivity contribution in [2.75, 3.05) is 160 Å². The molecule has 0 saturated heterocycles. The van der Waals surface area contributed by atoms with Gasteiger partial charge < -0.3 is 78.7 Å². The lowest BCUT2D eigenvalue weighted by Crippen LogP contribution is -2.11. The summed E-state index contributed by atoms with van der Waals surface area (Å²) in [6, 6.07) is 0. The van der Waals surface area contributed by atoms with Crippen molar-refractivity contribution in [2.45, 2.75) is 261 Å². The Labute approximate surface area is 869 Å². The lowest BCUT2D eigenvalue weighted by molar-refractivity contribution is -0.140. The molecule has 0 fully saturated rings. The monoisotopic (exact) mass is 2090 g/mol. The van der Waals surface area contributed by atoms with E-state index in [1.165, 1.54) is 127 Å². The first-order valence-electron chi connectivity index (χ1n) is 36.0. The van der Waals surface area contributed by atoms with Crippen molar-refractivity contribution < 1.29 is 88.3 Å². The molecule has 0 rings (SSSR count). The van der Waals surface area contributed by atoms with Gasteiger partial charge in [0, 0.05) is 89.5 Å². The van der Waals surface area contributed by atoms with Crippen LogP contribution in [0.2, 0.25) is 0 Å². The summed E-state index contributed by atoms with van der Waals surface area (Å²) in [6.07, 6.45) is 39.6. The molecule has 0 aliphatic carbocycles. The molecule has 0 saturated carbocycles. The minimum Gasteiger partial charge on any atom is -0.513 e. The zero-order valence-corrected chi connectivity index (χ0v) is 79.4. The highest BCUT2D eigenvalue weighted by Gasteiger charge is 2.09. The standard InChI is InChI=1S/C13H26OS.C10H20O2S.C7H10O2.C6H14O2S.C6H8OS.C6H10S2.C5H10OS.2C5H8OS.C4H10O2S.2C4H8OS.C2H4O2S.C2H6OS.16CH4/c1-3-4-5-6-7-8-9-10-13(11-15)12(2)14;1-2-3-4-5-6-7-8-12-10(11)9-13;1-3-7(8)5-6-9-4-2;7-4-3-6(8)2-1-5-9;1-2-3-4-7-5-6-8;7-5-3-1-2-4-6-8;1-2-6-4-3-5-7;2*1-2-3-6-4-5-7;5-1-4(2-6)3-7;2*1-2-5-3-4-6;3-2(4)1-5;3-1-2-4;;;;;;;;;;;;;;;;/h13-15H,2-11H2,1H3;13H,2-9H2,1H3;5-6,8H,1,4H2,2H3;6-9H,1-5H2;4,8H,1,5-6H2;1-4,7-8H,5-6H2;2,7H,1,3-5H2;2*3,7H,1,4-5H2;4-7H,1-3H2;2*2,6H,1,3-4H2;5H,1H2,(H,3,4);3-4H,1-2H2;16*1H4/b;;6-5+;;;3-1+,4-2?;;;;;;;;;;;;;;;;;;;;;;;;. The minimum absolute atomic E-state index is 0. The lowest BCUT2D eigenvalue weighted by Gasteiger charge is -2.12. The van der Waals surface area contributed by atoms with Gasteiger partial charge in [-0.15, -0.1) is 0 Å². The van der Waals surface area contributed by atoms with E-state index in [9.17, 15) is 14.7 Å². The van der Waals surface area contributed by atoms with Crippen molar-refractivity contribution in [3.8, 4) is 0 Å². The summed E-state index contributed by atoms with van der Waals surface area (Å²) < 4.78 is 38.1. The molecule has 0 aromatic rings. The molecule has 0 radical (unpaired) electrons. The number of carbonyl (C=O) groups excluding carboxylic acids is 1. The molecule has 8 N–H and O–H groups in total. The van der Waals surface area contributed by atoms with Crippen molar-refractivity contribution in [1.29, 1.82) is 0 Å². The Morgan fingerprint density at radius 3 is 1.01 bits per heavy atom. The predicted octanol–water partition coefficient (Wildman–Crippen LogP) is 28.8. The van der Waals surface area contributed by atoms with Crippen molar-refractivity contribution >= 4 is 189 Å². The van der Waals surface area contributed by atoms with E-state index >= 15 is 0 Å². The summed E-state index contributed by atoms with van der Waals surface area (Å²) in [5, 5.41) is 67.3. The molecule has 18 nitrogen and oxygen atoms in total. The van der Waals surface area contributed by atoms with E-state index in [0.717, 1.165) is 90.5 Å². The van der Waals surface area contributed by atoms with Gasteiger partial charge in [0.05, 0.1) is 108 Å². The van der Waals surface area contributed by atoms with E-state index in [1.807, 2.05) is 31.2 Å². The quantitative estimate of drug-likeness (QED) is 0.00673. The van der Waals surface area contributed by atoms with E-state index in [-0.39, 0.29) is 186 Å². The van der Waals surface area contributed by atoms with E-state index in [1.54, 1.807) is 0 Å². The Morgan fingerprint density at radius 2 is 0.756 bits per heavy atom. The average Bonchev–Trinajstić information content (AvgIpc) is 0.985. The maximum Gasteiger partial charge on any atom is 0.315 e. The first-order valence-corrected chi connectivity index (χ1v) is 44.8. The number of aliphatic carboxylic acids is 1. The molecule has 0 aromatic carbocycles. The van der Waals surface area contributed by atoms with Crippen LogP contribution in [0.4, 0.5) is 0 Å². The number of rotatable bonds is 53. The van der Waals surface area contributed by atoms with Gasteiger partial charge in [0.2, 0.25) is 0 Å². The first-order chi connectivity index (χ1) is 53.6. The maximum atomic E-state index is 10.6. The third kappa shape index (κ3) is 328. The van der Waals surface area contributed by atoms with Gasteiger partial charge in [-0.05, 0) is 75.0 Å². The molecule has 127 heavy (non-hydrogen) atoms. The highest BCUT2D eigenvalue weighted by molar-refractivity contribution is 7.82. The second-order valence-electron chi connectivity index (χ2n) is 19.9. The number of unbranched alkanes of at least 4 members (excludes halogenated alkanes) is 11. The zero-order valence-electron chi connectivity index (χ0n) is 66.9. The molecular weight excluding hydrogens is 1880 g/mol. The third-order valence-electron chi connectivity index (χ3n) is 10.6. The number of allylic oxidation sites excluding steroid dienone is 4. The molecule has 0 aliphatic rings. The topological polar surface area (TPSA) is 270 Å². The van der Waals surface area contributed by atoms with Crippen LogP contribution in [0.1, 0.15) is 255 Å². The summed E-state index contributed by atoms with van der Waals surface area (Å²) >= 11 is 54.4. The van der Waals surface area contributed by atoms with Crippen LogP contribution >= 0.6 is 177 Å². The van der Waals surface area contributed by atoms with Crippen LogP contribution < -0.4 is 0 Å². The van der Waals surface area contributed by atoms with E-state index < -0.39 is 5.97 Å². The fourth-order valence-corrected chi connectivity index (χ4v) is 7.00. The molecule has 0 spiro atoms. The van der Waals surface area contributed by atoms with Gasteiger partial charge in [-0.1, -0.05) is 303 Å². The summed E-state index contributed by atoms with van der Waals surface area (Å²) in [6.45, 7) is 38.5. The second-order valence-corrected chi connectivity index (χ2v) is 25.6. The molecule has 786 valence electrons. The number of ether oxygens (including phenoxy) is 8. The number of aliphatic hydroxyl groups is 7. The lowest BCUT2D eigenvalue weighted by atomic mass is 10.0. The van der Waals surface area contributed by atoms with Crippen molar-refractivity contribution in [3.63, 3.8) is 0 Å². The largest absolute Gasteiger partial charge is 0.513 e. The van der Waals surface area contributed by atoms with Crippen LogP contribution in [0.3, 0.4) is 0 Å². The molecule has 0 bridgehead atoms. The van der Waals surface area contributed by atoms with Crippen LogP contribution in [0.15, 0.2) is 167 Å².